The molecule has 0 saturated heterocycles. The van der Waals surface area contributed by atoms with Crippen molar-refractivity contribution in [1.29, 1.82) is 0 Å². The van der Waals surface area contributed by atoms with Crippen molar-refractivity contribution < 1.29 is 0 Å². The van der Waals surface area contributed by atoms with Gasteiger partial charge < -0.3 is 4.90 Å². The summed E-state index contributed by atoms with van der Waals surface area (Å²) in [5.74, 6) is 0. The Hall–Kier alpha value is -3.32. The van der Waals surface area contributed by atoms with Gasteiger partial charge in [0.2, 0.25) is 0 Å². The summed E-state index contributed by atoms with van der Waals surface area (Å²) in [7, 11) is 2.12. The van der Waals surface area contributed by atoms with Gasteiger partial charge in [-0.05, 0) is 71.5 Å². The molecule has 0 spiro atoms. The monoisotopic (exact) mass is 407 g/mol. The number of nitrogens with zero attached hydrogens (tertiary/aromatic N) is 1. The Bertz CT molecular complexity index is 1100. The Morgan fingerprint density at radius 3 is 2.19 bits per heavy atom. The molecule has 0 fully saturated rings. The molecule has 0 saturated carbocycles. The van der Waals surface area contributed by atoms with E-state index in [0.717, 1.165) is 11.3 Å². The van der Waals surface area contributed by atoms with E-state index in [1.165, 1.54) is 33.5 Å². The van der Waals surface area contributed by atoms with Crippen LogP contribution in [0.1, 0.15) is 44.4 Å². The molecule has 31 heavy (non-hydrogen) atoms. The predicted molar refractivity (Wildman–Crippen MR) is 139 cm³/mol. The predicted octanol–water partition coefficient (Wildman–Crippen LogP) is 8.41. The van der Waals surface area contributed by atoms with Gasteiger partial charge in [-0.2, -0.15) is 0 Å². The zero-order valence-electron chi connectivity index (χ0n) is 19.4. The fraction of sp³-hybridized carbons (Fsp3) is 0.200. The van der Waals surface area contributed by atoms with E-state index in [4.69, 9.17) is 0 Å². The SMILES string of the molecule is C=C/C=C(\C=C/C)c1ccc(N(C)c2ccc3c(c2)C(C)(C)C(C=C)=C3/C=C\C)cc1. The van der Waals surface area contributed by atoms with E-state index < -0.39 is 0 Å². The molecule has 158 valence electrons. The van der Waals surface area contributed by atoms with E-state index in [1.807, 2.05) is 25.2 Å². The third-order valence-corrected chi connectivity index (χ3v) is 6.09. The lowest BCUT2D eigenvalue weighted by molar-refractivity contribution is 0.654. The highest BCUT2D eigenvalue weighted by molar-refractivity contribution is 5.89. The van der Waals surface area contributed by atoms with Crippen LogP contribution in [-0.4, -0.2) is 7.05 Å². The first-order valence-corrected chi connectivity index (χ1v) is 10.8. The Balaban J connectivity index is 1.97. The molecule has 2 aromatic carbocycles. The van der Waals surface area contributed by atoms with E-state index in [-0.39, 0.29) is 5.41 Å². The highest BCUT2D eigenvalue weighted by Crippen LogP contribution is 2.48. The van der Waals surface area contributed by atoms with Crippen molar-refractivity contribution in [2.75, 3.05) is 11.9 Å². The first kappa shape index (κ1) is 22.4. The Kier molecular flexibility index (Phi) is 6.65. The molecule has 0 bridgehead atoms. The Labute approximate surface area is 188 Å². The molecular formula is C30H33N. The van der Waals surface area contributed by atoms with Crippen LogP contribution in [0.15, 0.2) is 104 Å². The molecule has 3 rings (SSSR count). The van der Waals surface area contributed by atoms with E-state index in [0.29, 0.717) is 0 Å². The largest absolute Gasteiger partial charge is 0.345 e. The van der Waals surface area contributed by atoms with Crippen molar-refractivity contribution in [3.63, 3.8) is 0 Å². The summed E-state index contributed by atoms with van der Waals surface area (Å²) in [5.41, 5.74) is 9.83. The molecule has 0 radical (unpaired) electrons. The van der Waals surface area contributed by atoms with Gasteiger partial charge in [-0.25, -0.2) is 0 Å². The van der Waals surface area contributed by atoms with Crippen LogP contribution >= 0.6 is 0 Å². The molecule has 0 N–H and O–H groups in total. The maximum atomic E-state index is 4.09. The molecule has 2 aromatic rings. The fourth-order valence-corrected chi connectivity index (χ4v) is 4.41. The molecule has 0 aliphatic heterocycles. The van der Waals surface area contributed by atoms with Gasteiger partial charge in [-0.3, -0.25) is 0 Å². The summed E-state index contributed by atoms with van der Waals surface area (Å²) in [4.78, 5) is 2.24. The normalized spacial score (nSPS) is 15.6. The number of hydrogen-bond acceptors (Lipinski definition) is 1. The number of rotatable bonds is 7. The zero-order valence-corrected chi connectivity index (χ0v) is 19.4. The van der Waals surface area contributed by atoms with Crippen LogP contribution in [0.4, 0.5) is 11.4 Å². The lowest BCUT2D eigenvalue weighted by Gasteiger charge is -2.26. The molecule has 1 aliphatic carbocycles. The smallest absolute Gasteiger partial charge is 0.0411 e. The van der Waals surface area contributed by atoms with Crippen LogP contribution in [0.25, 0.3) is 11.1 Å². The average molecular weight is 408 g/mol. The van der Waals surface area contributed by atoms with E-state index in [9.17, 15) is 0 Å². The molecule has 0 unspecified atom stereocenters. The summed E-state index contributed by atoms with van der Waals surface area (Å²) < 4.78 is 0. The first-order chi connectivity index (χ1) is 14.9. The lowest BCUT2D eigenvalue weighted by Crippen LogP contribution is -2.17. The van der Waals surface area contributed by atoms with Crippen LogP contribution in [0.5, 0.6) is 0 Å². The first-order valence-electron chi connectivity index (χ1n) is 10.8. The van der Waals surface area contributed by atoms with Crippen LogP contribution < -0.4 is 4.90 Å². The number of allylic oxidation sites excluding steroid dienone is 10. The maximum Gasteiger partial charge on any atom is 0.0411 e. The molecule has 0 aromatic heterocycles. The molecular weight excluding hydrogens is 374 g/mol. The second-order valence-electron chi connectivity index (χ2n) is 8.35. The number of anilines is 2. The van der Waals surface area contributed by atoms with Gasteiger partial charge in [0.25, 0.3) is 0 Å². The zero-order chi connectivity index (χ0) is 22.6. The molecule has 0 amide bonds. The van der Waals surface area contributed by atoms with Crippen molar-refractivity contribution in [3.8, 4) is 0 Å². The second-order valence-corrected chi connectivity index (χ2v) is 8.35. The van der Waals surface area contributed by atoms with Gasteiger partial charge in [-0.15, -0.1) is 0 Å². The van der Waals surface area contributed by atoms with E-state index in [2.05, 4.69) is 113 Å². The van der Waals surface area contributed by atoms with Crippen molar-refractivity contribution in [1.82, 2.24) is 0 Å². The highest BCUT2D eigenvalue weighted by Gasteiger charge is 2.35. The van der Waals surface area contributed by atoms with Crippen molar-refractivity contribution in [2.45, 2.75) is 33.1 Å². The summed E-state index contributed by atoms with van der Waals surface area (Å²) in [6.45, 7) is 16.6. The van der Waals surface area contributed by atoms with Crippen molar-refractivity contribution in [3.05, 3.63) is 120 Å². The second kappa shape index (κ2) is 9.22. The summed E-state index contributed by atoms with van der Waals surface area (Å²) in [6.07, 6.45) is 14.3. The third-order valence-electron chi connectivity index (χ3n) is 6.09. The third kappa shape index (κ3) is 4.14. The number of hydrogen-bond donors (Lipinski definition) is 0. The average Bonchev–Trinajstić information content (AvgIpc) is 2.99. The van der Waals surface area contributed by atoms with Gasteiger partial charge in [0.1, 0.15) is 0 Å². The van der Waals surface area contributed by atoms with E-state index >= 15 is 0 Å². The summed E-state index contributed by atoms with van der Waals surface area (Å²) >= 11 is 0. The van der Waals surface area contributed by atoms with Crippen molar-refractivity contribution >= 4 is 22.5 Å². The van der Waals surface area contributed by atoms with Crippen molar-refractivity contribution in [2.24, 2.45) is 0 Å². The maximum absolute atomic E-state index is 4.09. The number of fused-ring (bicyclic) bond motifs is 1. The summed E-state index contributed by atoms with van der Waals surface area (Å²) in [5, 5.41) is 0. The molecule has 0 heterocycles. The minimum Gasteiger partial charge on any atom is -0.345 e. The quantitative estimate of drug-likeness (QED) is 0.416. The van der Waals surface area contributed by atoms with Gasteiger partial charge in [0.15, 0.2) is 0 Å². The van der Waals surface area contributed by atoms with Gasteiger partial charge in [-0.1, -0.05) is 87.7 Å². The van der Waals surface area contributed by atoms with Gasteiger partial charge >= 0.3 is 0 Å². The molecule has 1 aliphatic rings. The Morgan fingerprint density at radius 2 is 1.61 bits per heavy atom. The molecule has 1 heteroatoms. The van der Waals surface area contributed by atoms with Crippen LogP contribution in [0, 0.1) is 0 Å². The number of benzene rings is 2. The van der Waals surface area contributed by atoms with Crippen LogP contribution in [0.2, 0.25) is 0 Å². The molecule has 1 nitrogen and oxygen atoms in total. The van der Waals surface area contributed by atoms with E-state index in [1.54, 1.807) is 0 Å². The minimum absolute atomic E-state index is 0.0660. The van der Waals surface area contributed by atoms with Gasteiger partial charge in [0, 0.05) is 23.8 Å². The minimum atomic E-state index is -0.0660. The Morgan fingerprint density at radius 1 is 0.935 bits per heavy atom. The molecule has 0 atom stereocenters. The highest BCUT2D eigenvalue weighted by atomic mass is 15.1. The van der Waals surface area contributed by atoms with Gasteiger partial charge in [0.05, 0.1) is 0 Å². The standard InChI is InChI=1S/C30H33N/c1-8-12-22(13-9-2)23-15-17-24(18-16-23)31(7)25-19-20-27-26(14-10-3)28(11-4)30(5,6)29(27)21-25/h8-21H,1,4H2,2-3,5-7H3/b13-9-,14-10-,22-12+. The van der Waals surface area contributed by atoms with Crippen LogP contribution in [0.3, 0.4) is 0 Å². The topological polar surface area (TPSA) is 3.24 Å². The fourth-order valence-electron chi connectivity index (χ4n) is 4.41. The van der Waals surface area contributed by atoms with Crippen LogP contribution in [-0.2, 0) is 5.41 Å². The summed E-state index contributed by atoms with van der Waals surface area (Å²) in [6, 6.07) is 15.5. The lowest BCUT2D eigenvalue weighted by atomic mass is 9.81.